The molecule has 8 heteroatoms. The highest BCUT2D eigenvalue weighted by atomic mass is 35.5. The van der Waals surface area contributed by atoms with E-state index in [-0.39, 0.29) is 15.6 Å². The standard InChI is InChI=1S/C15H14ClNO5S/c1-22-14-8-7-12(9-13(14)16)23(20,21)17(10-15(18)19)11-5-3-2-4-6-11/h2-9H,10H2,1H3,(H,18,19). The van der Waals surface area contributed by atoms with Crippen molar-refractivity contribution in [3.05, 3.63) is 53.6 Å². The Bertz CT molecular complexity index is 808. The number of para-hydroxylation sites is 1. The Morgan fingerprint density at radius 2 is 1.87 bits per heavy atom. The average molecular weight is 356 g/mol. The zero-order valence-corrected chi connectivity index (χ0v) is 13.7. The maximum absolute atomic E-state index is 12.8. The third kappa shape index (κ3) is 3.75. The Hall–Kier alpha value is -2.25. The van der Waals surface area contributed by atoms with Crippen molar-refractivity contribution in [3.63, 3.8) is 0 Å². The van der Waals surface area contributed by atoms with Crippen molar-refractivity contribution in [2.75, 3.05) is 18.0 Å². The molecule has 0 aliphatic heterocycles. The van der Waals surface area contributed by atoms with Crippen LogP contribution in [0.25, 0.3) is 0 Å². The molecule has 0 aliphatic rings. The number of ether oxygens (including phenoxy) is 1. The van der Waals surface area contributed by atoms with Crippen molar-refractivity contribution in [2.24, 2.45) is 0 Å². The molecule has 122 valence electrons. The van der Waals surface area contributed by atoms with Crippen molar-refractivity contribution in [3.8, 4) is 5.75 Å². The fourth-order valence-corrected chi connectivity index (χ4v) is 3.73. The lowest BCUT2D eigenvalue weighted by atomic mass is 10.3. The molecule has 0 aliphatic carbocycles. The van der Waals surface area contributed by atoms with Gasteiger partial charge in [-0.05, 0) is 30.3 Å². The topological polar surface area (TPSA) is 83.9 Å². The smallest absolute Gasteiger partial charge is 0.324 e. The summed E-state index contributed by atoms with van der Waals surface area (Å²) in [4.78, 5) is 11.0. The van der Waals surface area contributed by atoms with Gasteiger partial charge in [0.15, 0.2) is 0 Å². The van der Waals surface area contributed by atoms with Crippen molar-refractivity contribution >= 4 is 33.3 Å². The second-order valence-electron chi connectivity index (χ2n) is 4.54. The number of nitrogens with zero attached hydrogens (tertiary/aromatic N) is 1. The van der Waals surface area contributed by atoms with Crippen molar-refractivity contribution < 1.29 is 23.1 Å². The first-order valence-corrected chi connectivity index (χ1v) is 8.31. The van der Waals surface area contributed by atoms with Gasteiger partial charge in [0.1, 0.15) is 12.3 Å². The molecule has 0 saturated heterocycles. The number of anilines is 1. The third-order valence-corrected chi connectivity index (χ3v) is 5.10. The van der Waals surface area contributed by atoms with Crippen LogP contribution in [-0.2, 0) is 14.8 Å². The summed E-state index contributed by atoms with van der Waals surface area (Å²) in [5.41, 5.74) is 0.252. The summed E-state index contributed by atoms with van der Waals surface area (Å²) in [5, 5.41) is 9.16. The zero-order valence-electron chi connectivity index (χ0n) is 12.1. The number of aliphatic carboxylic acids is 1. The minimum absolute atomic E-state index is 0.117. The predicted molar refractivity (Wildman–Crippen MR) is 86.6 cm³/mol. The van der Waals surface area contributed by atoms with E-state index in [1.54, 1.807) is 18.2 Å². The fraction of sp³-hybridized carbons (Fsp3) is 0.133. The van der Waals surface area contributed by atoms with Gasteiger partial charge in [-0.1, -0.05) is 29.8 Å². The number of sulfonamides is 1. The van der Waals surface area contributed by atoms with Crippen LogP contribution in [0.3, 0.4) is 0 Å². The van der Waals surface area contributed by atoms with Crippen LogP contribution < -0.4 is 9.04 Å². The molecule has 0 radical (unpaired) electrons. The minimum atomic E-state index is -4.08. The third-order valence-electron chi connectivity index (χ3n) is 3.03. The molecule has 0 unspecified atom stereocenters. The molecular formula is C15H14ClNO5S. The zero-order chi connectivity index (χ0) is 17.0. The van der Waals surface area contributed by atoms with Gasteiger partial charge in [0, 0.05) is 0 Å². The molecule has 23 heavy (non-hydrogen) atoms. The lowest BCUT2D eigenvalue weighted by Gasteiger charge is -2.23. The van der Waals surface area contributed by atoms with Crippen LogP contribution >= 0.6 is 11.6 Å². The number of rotatable bonds is 6. The summed E-state index contributed by atoms with van der Waals surface area (Å²) in [6, 6.07) is 12.0. The largest absolute Gasteiger partial charge is 0.495 e. The number of hydrogen-bond acceptors (Lipinski definition) is 4. The molecule has 2 rings (SSSR count). The summed E-state index contributed by atoms with van der Waals surface area (Å²) in [6.07, 6.45) is 0. The van der Waals surface area contributed by atoms with Gasteiger partial charge >= 0.3 is 5.97 Å². The van der Waals surface area contributed by atoms with Crippen LogP contribution in [-0.4, -0.2) is 33.1 Å². The van der Waals surface area contributed by atoms with Crippen LogP contribution in [0.4, 0.5) is 5.69 Å². The highest BCUT2D eigenvalue weighted by Gasteiger charge is 2.27. The number of halogens is 1. The van der Waals surface area contributed by atoms with Crippen molar-refractivity contribution in [2.45, 2.75) is 4.90 Å². The number of carboxylic acids is 1. The second kappa shape index (κ2) is 6.89. The molecule has 0 heterocycles. The molecule has 0 bridgehead atoms. The average Bonchev–Trinajstić information content (AvgIpc) is 2.53. The fourth-order valence-electron chi connectivity index (χ4n) is 1.97. The van der Waals surface area contributed by atoms with E-state index >= 15 is 0 Å². The van der Waals surface area contributed by atoms with Crippen LogP contribution in [0.5, 0.6) is 5.75 Å². The molecule has 0 spiro atoms. The van der Waals surface area contributed by atoms with E-state index in [4.69, 9.17) is 21.4 Å². The predicted octanol–water partition coefficient (Wildman–Crippen LogP) is 2.63. The number of carbonyl (C=O) groups is 1. The van der Waals surface area contributed by atoms with E-state index in [0.717, 1.165) is 4.31 Å². The lowest BCUT2D eigenvalue weighted by molar-refractivity contribution is -0.135. The molecule has 0 amide bonds. The second-order valence-corrected chi connectivity index (χ2v) is 6.81. The molecule has 0 aromatic heterocycles. The molecular weight excluding hydrogens is 342 g/mol. The molecule has 0 saturated carbocycles. The Morgan fingerprint density at radius 3 is 2.39 bits per heavy atom. The van der Waals surface area contributed by atoms with Gasteiger partial charge in [0.25, 0.3) is 10.0 Å². The molecule has 0 atom stereocenters. The molecule has 2 aromatic carbocycles. The van der Waals surface area contributed by atoms with Gasteiger partial charge in [0.05, 0.1) is 22.7 Å². The first-order chi connectivity index (χ1) is 10.9. The summed E-state index contributed by atoms with van der Waals surface area (Å²) in [7, 11) is -2.67. The van der Waals surface area contributed by atoms with Gasteiger partial charge in [-0.3, -0.25) is 9.10 Å². The van der Waals surface area contributed by atoms with Crippen molar-refractivity contribution in [1.29, 1.82) is 0 Å². The van der Waals surface area contributed by atoms with E-state index in [1.807, 2.05) is 0 Å². The summed E-state index contributed by atoms with van der Waals surface area (Å²) >= 11 is 5.97. The van der Waals surface area contributed by atoms with E-state index < -0.39 is 22.5 Å². The lowest BCUT2D eigenvalue weighted by Crippen LogP contribution is -2.35. The van der Waals surface area contributed by atoms with E-state index in [2.05, 4.69) is 0 Å². The first kappa shape index (κ1) is 17.1. The Balaban J connectivity index is 2.52. The first-order valence-electron chi connectivity index (χ1n) is 6.49. The van der Waals surface area contributed by atoms with Gasteiger partial charge in [-0.2, -0.15) is 0 Å². The van der Waals surface area contributed by atoms with Gasteiger partial charge < -0.3 is 9.84 Å². The molecule has 2 aromatic rings. The Morgan fingerprint density at radius 1 is 1.22 bits per heavy atom. The maximum Gasteiger partial charge on any atom is 0.324 e. The summed E-state index contributed by atoms with van der Waals surface area (Å²) in [5.74, 6) is -0.938. The highest BCUT2D eigenvalue weighted by Crippen LogP contribution is 2.30. The Labute approximate surface area is 138 Å². The maximum atomic E-state index is 12.8. The van der Waals surface area contributed by atoms with Crippen LogP contribution in [0.2, 0.25) is 5.02 Å². The number of methoxy groups -OCH3 is 1. The SMILES string of the molecule is COc1ccc(S(=O)(=O)N(CC(=O)O)c2ccccc2)cc1Cl. The molecule has 0 fully saturated rings. The van der Waals surface area contributed by atoms with E-state index in [0.29, 0.717) is 5.75 Å². The minimum Gasteiger partial charge on any atom is -0.495 e. The molecule has 1 N–H and O–H groups in total. The molecule has 6 nitrogen and oxygen atoms in total. The monoisotopic (exact) mass is 355 g/mol. The van der Waals surface area contributed by atoms with Crippen LogP contribution in [0.1, 0.15) is 0 Å². The van der Waals surface area contributed by atoms with E-state index in [9.17, 15) is 13.2 Å². The number of hydrogen-bond donors (Lipinski definition) is 1. The highest BCUT2D eigenvalue weighted by molar-refractivity contribution is 7.92. The normalized spacial score (nSPS) is 11.0. The van der Waals surface area contributed by atoms with Gasteiger partial charge in [0.2, 0.25) is 0 Å². The van der Waals surface area contributed by atoms with Gasteiger partial charge in [-0.25, -0.2) is 8.42 Å². The van der Waals surface area contributed by atoms with Crippen molar-refractivity contribution in [1.82, 2.24) is 0 Å². The Kier molecular flexibility index (Phi) is 5.12. The van der Waals surface area contributed by atoms with Crippen LogP contribution in [0, 0.1) is 0 Å². The van der Waals surface area contributed by atoms with E-state index in [1.165, 1.54) is 37.4 Å². The van der Waals surface area contributed by atoms with Crippen LogP contribution in [0.15, 0.2) is 53.4 Å². The summed E-state index contributed by atoms with van der Waals surface area (Å²) < 4.78 is 31.4. The summed E-state index contributed by atoms with van der Waals surface area (Å²) in [6.45, 7) is -0.698. The number of carboxylic acid groups (broad SMARTS) is 1. The number of benzene rings is 2. The van der Waals surface area contributed by atoms with Gasteiger partial charge in [-0.15, -0.1) is 0 Å². The quantitative estimate of drug-likeness (QED) is 0.861.